The van der Waals surface area contributed by atoms with E-state index in [1.165, 1.54) is 17.8 Å². The minimum atomic E-state index is -0.349. The van der Waals surface area contributed by atoms with Crippen LogP contribution in [0.25, 0.3) is 0 Å². The van der Waals surface area contributed by atoms with E-state index in [0.717, 1.165) is 11.3 Å². The summed E-state index contributed by atoms with van der Waals surface area (Å²) in [4.78, 5) is 22.2. The zero-order valence-corrected chi connectivity index (χ0v) is 13.9. The maximum Gasteiger partial charge on any atom is 0.267 e. The summed E-state index contributed by atoms with van der Waals surface area (Å²) in [5.41, 5.74) is 2.01. The number of halogens is 2. The molecule has 0 bridgehead atoms. The van der Waals surface area contributed by atoms with E-state index in [9.17, 15) is 9.18 Å². The lowest BCUT2D eigenvalue weighted by atomic mass is 10.1. The Morgan fingerprint density at radius 1 is 1.17 bits per heavy atom. The SMILES string of the molecule is O=C1CN2C(SCc3c(F)cccc3Cl)=Nc3ccccc3C2=N1. The summed E-state index contributed by atoms with van der Waals surface area (Å²) in [6.45, 7) is 0.153. The van der Waals surface area contributed by atoms with Crippen LogP contribution >= 0.6 is 23.4 Å². The number of nitrogens with zero attached hydrogens (tertiary/aromatic N) is 3. The molecule has 0 fully saturated rings. The van der Waals surface area contributed by atoms with Crippen LogP contribution in [0.4, 0.5) is 10.1 Å². The van der Waals surface area contributed by atoms with Crippen LogP contribution < -0.4 is 0 Å². The molecule has 0 aromatic heterocycles. The van der Waals surface area contributed by atoms with Crippen molar-refractivity contribution in [2.75, 3.05) is 6.54 Å². The molecular weight excluding hydrogens is 349 g/mol. The van der Waals surface area contributed by atoms with Crippen molar-refractivity contribution in [3.8, 4) is 0 Å². The summed E-state index contributed by atoms with van der Waals surface area (Å²) in [6, 6.07) is 12.1. The molecule has 0 radical (unpaired) electrons. The van der Waals surface area contributed by atoms with Crippen molar-refractivity contribution in [1.82, 2.24) is 4.90 Å². The number of carbonyl (C=O) groups is 1. The van der Waals surface area contributed by atoms with Gasteiger partial charge in [0.1, 0.15) is 18.2 Å². The smallest absolute Gasteiger partial charge is 0.267 e. The fourth-order valence-electron chi connectivity index (χ4n) is 2.63. The Bertz CT molecular complexity index is 892. The van der Waals surface area contributed by atoms with E-state index >= 15 is 0 Å². The highest BCUT2D eigenvalue weighted by Gasteiger charge is 2.33. The first kappa shape index (κ1) is 15.4. The van der Waals surface area contributed by atoms with Crippen molar-refractivity contribution < 1.29 is 9.18 Å². The van der Waals surface area contributed by atoms with Crippen molar-refractivity contribution in [2.45, 2.75) is 5.75 Å². The zero-order valence-electron chi connectivity index (χ0n) is 12.4. The van der Waals surface area contributed by atoms with E-state index in [4.69, 9.17) is 11.6 Å². The molecule has 24 heavy (non-hydrogen) atoms. The standard InChI is InChI=1S/C17H11ClFN3OS/c18-12-5-3-6-13(19)11(12)9-24-17-20-14-7-2-1-4-10(14)16-21-15(23)8-22(16)17/h1-7H,8-9H2. The van der Waals surface area contributed by atoms with E-state index in [1.54, 1.807) is 17.0 Å². The van der Waals surface area contributed by atoms with Crippen molar-refractivity contribution in [2.24, 2.45) is 9.98 Å². The fourth-order valence-corrected chi connectivity index (χ4v) is 3.97. The summed E-state index contributed by atoms with van der Waals surface area (Å²) >= 11 is 7.42. The van der Waals surface area contributed by atoms with Gasteiger partial charge in [-0.05, 0) is 24.3 Å². The molecule has 0 saturated heterocycles. The van der Waals surface area contributed by atoms with E-state index in [0.29, 0.717) is 27.3 Å². The fraction of sp³-hybridized carbons (Fsp3) is 0.118. The number of fused-ring (bicyclic) bond motifs is 3. The second-order valence-electron chi connectivity index (χ2n) is 5.32. The highest BCUT2D eigenvalue weighted by molar-refractivity contribution is 8.13. The molecule has 0 spiro atoms. The topological polar surface area (TPSA) is 45.0 Å². The van der Waals surface area contributed by atoms with Crippen LogP contribution in [0.5, 0.6) is 0 Å². The Morgan fingerprint density at radius 3 is 2.83 bits per heavy atom. The molecule has 2 aromatic rings. The predicted octanol–water partition coefficient (Wildman–Crippen LogP) is 4.00. The predicted molar refractivity (Wildman–Crippen MR) is 94.5 cm³/mol. The molecule has 0 aliphatic carbocycles. The molecule has 2 aliphatic rings. The number of aliphatic imine (C=N–C) groups is 2. The molecule has 0 saturated carbocycles. The summed E-state index contributed by atoms with van der Waals surface area (Å²) in [6.07, 6.45) is 0. The minimum Gasteiger partial charge on any atom is -0.295 e. The number of rotatable bonds is 2. The van der Waals surface area contributed by atoms with Crippen LogP contribution in [0.15, 0.2) is 52.4 Å². The first-order valence-electron chi connectivity index (χ1n) is 7.26. The Hall–Kier alpha value is -2.18. The number of thioether (sulfide) groups is 1. The second kappa shape index (κ2) is 6.03. The maximum atomic E-state index is 13.9. The van der Waals surface area contributed by atoms with Gasteiger partial charge in [0, 0.05) is 21.9 Å². The number of amidine groups is 2. The van der Waals surface area contributed by atoms with E-state index in [2.05, 4.69) is 9.98 Å². The average molecular weight is 360 g/mol. The number of amides is 1. The van der Waals surface area contributed by atoms with Gasteiger partial charge in [-0.2, -0.15) is 4.99 Å². The van der Waals surface area contributed by atoms with Gasteiger partial charge in [0.25, 0.3) is 5.91 Å². The van der Waals surface area contributed by atoms with Crippen molar-refractivity contribution in [3.05, 3.63) is 64.4 Å². The molecule has 2 aliphatic heterocycles. The largest absolute Gasteiger partial charge is 0.295 e. The molecule has 4 rings (SSSR count). The molecule has 120 valence electrons. The third-order valence-electron chi connectivity index (χ3n) is 3.78. The lowest BCUT2D eigenvalue weighted by Crippen LogP contribution is -2.36. The van der Waals surface area contributed by atoms with Gasteiger partial charge in [-0.1, -0.05) is 41.6 Å². The first-order valence-corrected chi connectivity index (χ1v) is 8.62. The van der Waals surface area contributed by atoms with Gasteiger partial charge in [-0.3, -0.25) is 9.69 Å². The van der Waals surface area contributed by atoms with Crippen LogP contribution in [-0.4, -0.2) is 28.4 Å². The van der Waals surface area contributed by atoms with Crippen LogP contribution in [0.2, 0.25) is 5.02 Å². The normalized spacial score (nSPS) is 15.8. The minimum absolute atomic E-state index is 0.153. The lowest BCUT2D eigenvalue weighted by molar-refractivity contribution is -0.116. The molecule has 1 amide bonds. The lowest BCUT2D eigenvalue weighted by Gasteiger charge is -2.26. The highest BCUT2D eigenvalue weighted by atomic mass is 35.5. The van der Waals surface area contributed by atoms with E-state index < -0.39 is 0 Å². The van der Waals surface area contributed by atoms with Gasteiger partial charge in [0.05, 0.1) is 5.69 Å². The van der Waals surface area contributed by atoms with Crippen LogP contribution in [0.3, 0.4) is 0 Å². The molecule has 2 heterocycles. The Kier molecular flexibility index (Phi) is 3.86. The van der Waals surface area contributed by atoms with Crippen molar-refractivity contribution >= 4 is 46.0 Å². The quantitative estimate of drug-likeness (QED) is 0.814. The summed E-state index contributed by atoms with van der Waals surface area (Å²) in [5.74, 6) is 0.370. The van der Waals surface area contributed by atoms with Gasteiger partial charge in [-0.25, -0.2) is 9.38 Å². The maximum absolute atomic E-state index is 13.9. The Balaban J connectivity index is 1.67. The zero-order chi connectivity index (χ0) is 16.7. The van der Waals surface area contributed by atoms with Crippen LogP contribution in [-0.2, 0) is 10.5 Å². The number of benzene rings is 2. The second-order valence-corrected chi connectivity index (χ2v) is 6.67. The van der Waals surface area contributed by atoms with Gasteiger partial charge < -0.3 is 0 Å². The Morgan fingerprint density at radius 2 is 2.00 bits per heavy atom. The number of hydrogen-bond acceptors (Lipinski definition) is 4. The molecule has 0 atom stereocenters. The van der Waals surface area contributed by atoms with Crippen LogP contribution in [0, 0.1) is 5.82 Å². The van der Waals surface area contributed by atoms with Gasteiger partial charge in [0.2, 0.25) is 0 Å². The molecule has 0 N–H and O–H groups in total. The van der Waals surface area contributed by atoms with Crippen LogP contribution in [0.1, 0.15) is 11.1 Å². The van der Waals surface area contributed by atoms with Gasteiger partial charge >= 0.3 is 0 Å². The summed E-state index contributed by atoms with van der Waals surface area (Å²) < 4.78 is 13.9. The third-order valence-corrected chi connectivity index (χ3v) is 5.14. The highest BCUT2D eigenvalue weighted by Crippen LogP contribution is 2.33. The molecule has 2 aromatic carbocycles. The molecule has 4 nitrogen and oxygen atoms in total. The third kappa shape index (κ3) is 2.61. The Labute approximate surface area is 147 Å². The molecule has 7 heteroatoms. The van der Waals surface area contributed by atoms with Crippen molar-refractivity contribution in [1.29, 1.82) is 0 Å². The first-order chi connectivity index (χ1) is 11.6. The average Bonchev–Trinajstić information content (AvgIpc) is 2.96. The van der Waals surface area contributed by atoms with E-state index in [1.807, 2.05) is 24.3 Å². The summed E-state index contributed by atoms with van der Waals surface area (Å²) in [5, 5.41) is 1.00. The number of carbonyl (C=O) groups excluding carboxylic acids is 1. The monoisotopic (exact) mass is 359 g/mol. The van der Waals surface area contributed by atoms with Gasteiger partial charge in [0.15, 0.2) is 5.17 Å². The molecular formula is C17H11ClFN3OS. The van der Waals surface area contributed by atoms with Gasteiger partial charge in [-0.15, -0.1) is 0 Å². The van der Waals surface area contributed by atoms with Crippen molar-refractivity contribution in [3.63, 3.8) is 0 Å². The molecule has 0 unspecified atom stereocenters. The summed E-state index contributed by atoms with van der Waals surface area (Å²) in [7, 11) is 0. The number of hydrogen-bond donors (Lipinski definition) is 0. The number of para-hydroxylation sites is 1. The van der Waals surface area contributed by atoms with E-state index in [-0.39, 0.29) is 18.3 Å².